The summed E-state index contributed by atoms with van der Waals surface area (Å²) < 4.78 is 0. The fourth-order valence-electron chi connectivity index (χ4n) is 3.54. The molecule has 3 N–H and O–H groups in total. The zero-order chi connectivity index (χ0) is 19.4. The summed E-state index contributed by atoms with van der Waals surface area (Å²) in [6.07, 6.45) is 1.30. The summed E-state index contributed by atoms with van der Waals surface area (Å²) in [5.74, 6) is -0.827. The van der Waals surface area contributed by atoms with Gasteiger partial charge in [-0.15, -0.1) is 0 Å². The Balaban J connectivity index is 1.95. The molecule has 0 saturated carbocycles. The summed E-state index contributed by atoms with van der Waals surface area (Å²) in [5, 5.41) is 23.2. The van der Waals surface area contributed by atoms with Gasteiger partial charge in [0.1, 0.15) is 0 Å². The van der Waals surface area contributed by atoms with Gasteiger partial charge in [0.05, 0.1) is 23.9 Å². The molecule has 5 nitrogen and oxygen atoms in total. The van der Waals surface area contributed by atoms with Crippen molar-refractivity contribution < 1.29 is 15.0 Å². The molecule has 2 aromatic carbocycles. The van der Waals surface area contributed by atoms with Gasteiger partial charge in [-0.3, -0.25) is 4.79 Å². The summed E-state index contributed by atoms with van der Waals surface area (Å²) >= 11 is 5.98. The van der Waals surface area contributed by atoms with E-state index in [0.29, 0.717) is 11.6 Å². The largest absolute Gasteiger partial charge is 0.481 e. The van der Waals surface area contributed by atoms with Crippen LogP contribution in [0, 0.1) is 0 Å². The highest BCUT2D eigenvalue weighted by molar-refractivity contribution is 6.30. The van der Waals surface area contributed by atoms with E-state index in [4.69, 9.17) is 11.6 Å². The molecule has 1 aliphatic rings. The molecule has 1 unspecified atom stereocenters. The van der Waals surface area contributed by atoms with Gasteiger partial charge in [0.2, 0.25) is 0 Å². The van der Waals surface area contributed by atoms with Crippen LogP contribution in [0.5, 0.6) is 0 Å². The van der Waals surface area contributed by atoms with Crippen molar-refractivity contribution in [3.63, 3.8) is 0 Å². The van der Waals surface area contributed by atoms with Crippen molar-refractivity contribution in [2.45, 2.75) is 38.2 Å². The normalized spacial score (nSPS) is 17.7. The van der Waals surface area contributed by atoms with E-state index >= 15 is 0 Å². The summed E-state index contributed by atoms with van der Waals surface area (Å²) in [5.41, 5.74) is 3.83. The Morgan fingerprint density at radius 1 is 1.30 bits per heavy atom. The number of aliphatic hydroxyl groups is 1. The zero-order valence-electron chi connectivity index (χ0n) is 15.4. The number of hydrogen-bond acceptors (Lipinski definition) is 4. The van der Waals surface area contributed by atoms with Crippen molar-refractivity contribution in [2.75, 3.05) is 23.3 Å². The third-order valence-corrected chi connectivity index (χ3v) is 5.29. The number of nitrogens with zero attached hydrogens (tertiary/aromatic N) is 1. The first kappa shape index (κ1) is 19.5. The van der Waals surface area contributed by atoms with Gasteiger partial charge < -0.3 is 20.4 Å². The minimum atomic E-state index is -0.791. The molecule has 6 heteroatoms. The van der Waals surface area contributed by atoms with E-state index in [0.717, 1.165) is 42.0 Å². The number of carboxylic acids is 1. The highest BCUT2D eigenvalue weighted by Gasteiger charge is 2.23. The first-order valence-electron chi connectivity index (χ1n) is 9.27. The molecule has 0 amide bonds. The van der Waals surface area contributed by atoms with Crippen LogP contribution in [0.1, 0.15) is 37.7 Å². The van der Waals surface area contributed by atoms with Crippen LogP contribution in [-0.4, -0.2) is 35.4 Å². The van der Waals surface area contributed by atoms with Gasteiger partial charge in [-0.2, -0.15) is 0 Å². The number of β-amino-alcohol motifs (C(OH)–C–C–N with tert-alkyl or cyclic N) is 1. The van der Waals surface area contributed by atoms with E-state index in [1.54, 1.807) is 0 Å². The van der Waals surface area contributed by atoms with Gasteiger partial charge in [0.15, 0.2) is 0 Å². The smallest absolute Gasteiger partial charge is 0.303 e. The lowest BCUT2D eigenvalue weighted by molar-refractivity contribution is -0.137. The van der Waals surface area contributed by atoms with E-state index in [-0.39, 0.29) is 18.4 Å². The first-order valence-corrected chi connectivity index (χ1v) is 9.65. The topological polar surface area (TPSA) is 72.8 Å². The number of aliphatic carboxylic acids is 1. The van der Waals surface area contributed by atoms with E-state index in [9.17, 15) is 15.0 Å². The maximum atomic E-state index is 11.2. The molecule has 144 valence electrons. The standard InChI is InChI=1S/C21H25ClN2O3/c1-2-14(12-21(26)27)15-3-8-20(24-10-9-18(25)13-24)19(11-15)23-17-6-4-16(22)5-7-17/h3-8,11,14,18,23,25H,2,9-10,12-13H2,1H3,(H,26,27)/t14?,18-/m0/s1. The van der Waals surface area contributed by atoms with Crippen molar-refractivity contribution in [3.05, 3.63) is 53.1 Å². The highest BCUT2D eigenvalue weighted by atomic mass is 35.5. The predicted octanol–water partition coefficient (Wildman–Crippen LogP) is 4.62. The number of halogens is 1. The molecule has 3 rings (SSSR count). The summed E-state index contributed by atoms with van der Waals surface area (Å²) in [7, 11) is 0. The lowest BCUT2D eigenvalue weighted by atomic mass is 9.92. The van der Waals surface area contributed by atoms with E-state index in [2.05, 4.69) is 10.2 Å². The highest BCUT2D eigenvalue weighted by Crippen LogP contribution is 2.36. The second-order valence-corrected chi connectivity index (χ2v) is 7.44. The Morgan fingerprint density at radius 2 is 2.04 bits per heavy atom. The molecule has 27 heavy (non-hydrogen) atoms. The van der Waals surface area contributed by atoms with E-state index < -0.39 is 5.97 Å². The monoisotopic (exact) mass is 388 g/mol. The van der Waals surface area contributed by atoms with Crippen molar-refractivity contribution in [3.8, 4) is 0 Å². The number of anilines is 3. The Labute approximate surface area is 164 Å². The molecule has 0 bridgehead atoms. The Morgan fingerprint density at radius 3 is 2.63 bits per heavy atom. The maximum Gasteiger partial charge on any atom is 0.303 e. The molecule has 2 atom stereocenters. The predicted molar refractivity (Wildman–Crippen MR) is 109 cm³/mol. The number of rotatable bonds is 7. The maximum absolute atomic E-state index is 11.2. The SMILES string of the molecule is CCC(CC(=O)O)c1ccc(N2CC[C@H](O)C2)c(Nc2ccc(Cl)cc2)c1. The molecule has 1 fully saturated rings. The van der Waals surface area contributed by atoms with Crippen molar-refractivity contribution >= 4 is 34.6 Å². The number of hydrogen-bond donors (Lipinski definition) is 3. The third kappa shape index (κ3) is 4.93. The van der Waals surface area contributed by atoms with Gasteiger partial charge in [-0.25, -0.2) is 0 Å². The van der Waals surface area contributed by atoms with Crippen LogP contribution in [0.3, 0.4) is 0 Å². The minimum absolute atomic E-state index is 0.0357. The molecular weight excluding hydrogens is 364 g/mol. The number of benzene rings is 2. The van der Waals surface area contributed by atoms with Crippen LogP contribution in [0.4, 0.5) is 17.1 Å². The van der Waals surface area contributed by atoms with E-state index in [1.165, 1.54) is 0 Å². The fourth-order valence-corrected chi connectivity index (χ4v) is 3.67. The number of carbonyl (C=O) groups is 1. The molecule has 1 aliphatic heterocycles. The van der Waals surface area contributed by atoms with Gasteiger partial charge >= 0.3 is 5.97 Å². The van der Waals surface area contributed by atoms with E-state index in [1.807, 2.05) is 49.4 Å². The average molecular weight is 389 g/mol. The molecule has 1 saturated heterocycles. The Hall–Kier alpha value is -2.24. The van der Waals surface area contributed by atoms with Crippen LogP contribution in [-0.2, 0) is 4.79 Å². The molecule has 0 aromatic heterocycles. The van der Waals surface area contributed by atoms with Crippen LogP contribution in [0.2, 0.25) is 5.02 Å². The molecule has 0 radical (unpaired) electrons. The van der Waals surface area contributed by atoms with Crippen LogP contribution < -0.4 is 10.2 Å². The van der Waals surface area contributed by atoms with Crippen LogP contribution in [0.15, 0.2) is 42.5 Å². The third-order valence-electron chi connectivity index (χ3n) is 5.03. The number of aliphatic hydroxyl groups excluding tert-OH is 1. The average Bonchev–Trinajstić information content (AvgIpc) is 3.07. The van der Waals surface area contributed by atoms with Crippen molar-refractivity contribution in [1.29, 1.82) is 0 Å². The molecular formula is C21H25ClN2O3. The first-order chi connectivity index (χ1) is 13.0. The lowest BCUT2D eigenvalue weighted by Gasteiger charge is -2.24. The Bertz CT molecular complexity index is 795. The second-order valence-electron chi connectivity index (χ2n) is 7.00. The fraction of sp³-hybridized carbons (Fsp3) is 0.381. The number of carboxylic acid groups (broad SMARTS) is 1. The second kappa shape index (κ2) is 8.63. The van der Waals surface area contributed by atoms with Crippen LogP contribution >= 0.6 is 11.6 Å². The van der Waals surface area contributed by atoms with Gasteiger partial charge in [-0.1, -0.05) is 24.6 Å². The molecule has 0 spiro atoms. The van der Waals surface area contributed by atoms with Gasteiger partial charge in [0.25, 0.3) is 0 Å². The van der Waals surface area contributed by atoms with Gasteiger partial charge in [-0.05, 0) is 60.7 Å². The minimum Gasteiger partial charge on any atom is -0.481 e. The number of nitrogens with one attached hydrogen (secondary N) is 1. The van der Waals surface area contributed by atoms with Crippen molar-refractivity contribution in [2.24, 2.45) is 0 Å². The summed E-state index contributed by atoms with van der Waals surface area (Å²) in [6, 6.07) is 13.5. The van der Waals surface area contributed by atoms with Crippen LogP contribution in [0.25, 0.3) is 0 Å². The lowest BCUT2D eigenvalue weighted by Crippen LogP contribution is -2.22. The summed E-state index contributed by atoms with van der Waals surface area (Å²) in [4.78, 5) is 13.4. The zero-order valence-corrected chi connectivity index (χ0v) is 16.1. The Kier molecular flexibility index (Phi) is 6.24. The quantitative estimate of drug-likeness (QED) is 0.645. The molecule has 0 aliphatic carbocycles. The van der Waals surface area contributed by atoms with Crippen molar-refractivity contribution in [1.82, 2.24) is 0 Å². The van der Waals surface area contributed by atoms with Gasteiger partial charge in [0, 0.05) is 23.8 Å². The molecule has 1 heterocycles. The summed E-state index contributed by atoms with van der Waals surface area (Å²) in [6.45, 7) is 3.40. The molecule has 2 aromatic rings.